The molecule has 4 aromatic heterocycles. The van der Waals surface area contributed by atoms with Gasteiger partial charge in [-0.15, -0.1) is 0 Å². The summed E-state index contributed by atoms with van der Waals surface area (Å²) in [6.45, 7) is 1.62. The predicted octanol–water partition coefficient (Wildman–Crippen LogP) is 2.51. The third-order valence-electron chi connectivity index (χ3n) is 7.90. The molecule has 3 fully saturated rings. The first-order valence-corrected chi connectivity index (χ1v) is 12.1. The summed E-state index contributed by atoms with van der Waals surface area (Å²) in [5.74, 6) is 1.67. The maximum atomic E-state index is 13.2. The fraction of sp³-hybridized carbons (Fsp3) is 0.440. The molecule has 5 heterocycles. The highest BCUT2D eigenvalue weighted by Crippen LogP contribution is 2.55. The second kappa shape index (κ2) is 7.76. The fourth-order valence-electron chi connectivity index (χ4n) is 5.74. The number of aromatic nitrogens is 5. The van der Waals surface area contributed by atoms with E-state index in [1.807, 2.05) is 25.4 Å². The summed E-state index contributed by atoms with van der Waals surface area (Å²) >= 11 is 0. The number of ether oxygens (including phenoxy) is 2. The number of methoxy groups -OCH3 is 1. The highest BCUT2D eigenvalue weighted by atomic mass is 16.5. The molecule has 4 aromatic rings. The van der Waals surface area contributed by atoms with Gasteiger partial charge in [0.05, 0.1) is 37.3 Å². The number of anilines is 1. The number of carbonyl (C=O) groups is 1. The maximum absolute atomic E-state index is 13.2. The summed E-state index contributed by atoms with van der Waals surface area (Å²) in [5.41, 5.74) is 3.68. The van der Waals surface area contributed by atoms with Gasteiger partial charge in [-0.25, -0.2) is 9.97 Å². The van der Waals surface area contributed by atoms with E-state index >= 15 is 0 Å². The average Bonchev–Trinajstić information content (AvgIpc) is 3.29. The number of nitrogens with one attached hydrogen (secondary N) is 2. The van der Waals surface area contributed by atoms with Gasteiger partial charge >= 0.3 is 0 Å². The summed E-state index contributed by atoms with van der Waals surface area (Å²) in [7, 11) is 3.52. The summed E-state index contributed by atoms with van der Waals surface area (Å²) in [6, 6.07) is 6.43. The lowest BCUT2D eigenvalue weighted by Crippen LogP contribution is -2.51. The maximum Gasteiger partial charge on any atom is 0.257 e. The van der Waals surface area contributed by atoms with Crippen molar-refractivity contribution in [2.75, 3.05) is 32.7 Å². The van der Waals surface area contributed by atoms with Crippen molar-refractivity contribution in [1.82, 2.24) is 29.5 Å². The fourth-order valence-corrected chi connectivity index (χ4v) is 5.74. The molecular weight excluding hydrogens is 446 g/mol. The third kappa shape index (κ3) is 3.09. The van der Waals surface area contributed by atoms with Crippen LogP contribution in [0, 0.1) is 11.8 Å². The van der Waals surface area contributed by atoms with Crippen molar-refractivity contribution in [3.8, 4) is 11.3 Å². The molecule has 2 saturated carbocycles. The Kier molecular flexibility index (Phi) is 4.62. The Labute approximate surface area is 201 Å². The van der Waals surface area contributed by atoms with E-state index in [1.54, 1.807) is 17.8 Å². The Bertz CT molecular complexity index is 1450. The quantitative estimate of drug-likeness (QED) is 0.443. The number of fused-ring (bicyclic) bond motifs is 3. The summed E-state index contributed by atoms with van der Waals surface area (Å²) in [5, 5.41) is 11.8. The van der Waals surface area contributed by atoms with E-state index in [4.69, 9.17) is 19.4 Å². The first-order valence-electron chi connectivity index (χ1n) is 12.1. The molecule has 35 heavy (non-hydrogen) atoms. The molecule has 5 atom stereocenters. The second-order valence-electron chi connectivity index (χ2n) is 9.68. The molecule has 1 amide bonds. The van der Waals surface area contributed by atoms with Gasteiger partial charge in [0.2, 0.25) is 0 Å². The van der Waals surface area contributed by atoms with Gasteiger partial charge < -0.3 is 24.7 Å². The van der Waals surface area contributed by atoms with E-state index in [2.05, 4.69) is 32.6 Å². The first-order chi connectivity index (χ1) is 17.2. The minimum absolute atomic E-state index is 0.0143. The zero-order chi connectivity index (χ0) is 23.7. The Balaban J connectivity index is 1.32. The largest absolute Gasteiger partial charge is 0.381 e. The molecule has 0 aromatic carbocycles. The Morgan fingerprint density at radius 3 is 2.83 bits per heavy atom. The number of carbonyl (C=O) groups excluding carboxylic acids is 1. The van der Waals surface area contributed by atoms with Gasteiger partial charge in [0.1, 0.15) is 17.0 Å². The van der Waals surface area contributed by atoms with E-state index in [0.29, 0.717) is 29.1 Å². The van der Waals surface area contributed by atoms with Crippen LogP contribution in [0.2, 0.25) is 0 Å². The van der Waals surface area contributed by atoms with Crippen LogP contribution in [0.15, 0.2) is 36.8 Å². The monoisotopic (exact) mass is 473 g/mol. The standard InChI is InChI=1S/C25H27N7O3/c1-26-21-8-19(29-24-14(9-28-32(21)24)25(33)30-18-5-6-20(18)34-2)15-10-31(22-16-11-35-12-17(16)22)23-13(15)4-3-7-27-23/h3-4,7-10,16-18,20,22,26H,5-6,11-12H2,1-2H3,(H,30,33)/t16-,17+,18-,20-,22-/m0/s1. The summed E-state index contributed by atoms with van der Waals surface area (Å²) < 4.78 is 15.0. The van der Waals surface area contributed by atoms with Crippen LogP contribution < -0.4 is 10.6 Å². The smallest absolute Gasteiger partial charge is 0.257 e. The van der Waals surface area contributed by atoms with Crippen molar-refractivity contribution in [3.63, 3.8) is 0 Å². The molecule has 3 aliphatic rings. The van der Waals surface area contributed by atoms with Crippen LogP contribution in [-0.4, -0.2) is 69.6 Å². The Morgan fingerprint density at radius 2 is 2.09 bits per heavy atom. The van der Waals surface area contributed by atoms with Crippen molar-refractivity contribution in [1.29, 1.82) is 0 Å². The second-order valence-corrected chi connectivity index (χ2v) is 9.68. The van der Waals surface area contributed by atoms with Gasteiger partial charge in [-0.2, -0.15) is 9.61 Å². The van der Waals surface area contributed by atoms with E-state index in [-0.39, 0.29) is 18.1 Å². The highest BCUT2D eigenvalue weighted by molar-refractivity contribution is 6.01. The molecule has 0 spiro atoms. The Morgan fingerprint density at radius 1 is 1.23 bits per heavy atom. The minimum atomic E-state index is -0.187. The van der Waals surface area contributed by atoms with E-state index < -0.39 is 0 Å². The van der Waals surface area contributed by atoms with E-state index in [1.165, 1.54) is 0 Å². The van der Waals surface area contributed by atoms with Crippen molar-refractivity contribution in [3.05, 3.63) is 42.4 Å². The van der Waals surface area contributed by atoms with E-state index in [9.17, 15) is 4.79 Å². The van der Waals surface area contributed by atoms with E-state index in [0.717, 1.165) is 54.2 Å². The van der Waals surface area contributed by atoms with Crippen LogP contribution in [0.1, 0.15) is 29.2 Å². The first kappa shape index (κ1) is 20.8. The SMILES string of the molecule is CNc1cc(-c2cn([C@@H]3[C@@H]4COC[C@@H]43)c3ncccc23)nc2c(C(=O)N[C@H]3CC[C@@H]3OC)cnn12. The van der Waals surface area contributed by atoms with Gasteiger partial charge in [0.15, 0.2) is 5.65 Å². The zero-order valence-corrected chi connectivity index (χ0v) is 19.6. The number of pyridine rings is 1. The topological polar surface area (TPSA) is 108 Å². The number of amides is 1. The molecule has 0 unspecified atom stereocenters. The predicted molar refractivity (Wildman–Crippen MR) is 129 cm³/mol. The molecule has 2 N–H and O–H groups in total. The molecule has 180 valence electrons. The lowest BCUT2D eigenvalue weighted by Gasteiger charge is -2.35. The number of hydrogen-bond donors (Lipinski definition) is 2. The number of nitrogens with zero attached hydrogens (tertiary/aromatic N) is 5. The van der Waals surface area contributed by atoms with Crippen LogP contribution in [0.4, 0.5) is 5.82 Å². The van der Waals surface area contributed by atoms with Gasteiger partial charge in [-0.1, -0.05) is 0 Å². The molecule has 7 rings (SSSR count). The van der Waals surface area contributed by atoms with Crippen LogP contribution in [-0.2, 0) is 9.47 Å². The third-order valence-corrected chi connectivity index (χ3v) is 7.90. The van der Waals surface area contributed by atoms with Crippen LogP contribution in [0.3, 0.4) is 0 Å². The zero-order valence-electron chi connectivity index (χ0n) is 19.6. The molecule has 0 radical (unpaired) electrons. The van der Waals surface area contributed by atoms with Crippen LogP contribution in [0.5, 0.6) is 0 Å². The molecule has 1 saturated heterocycles. The molecule has 1 aliphatic heterocycles. The van der Waals surface area contributed by atoms with Crippen LogP contribution >= 0.6 is 0 Å². The Hall–Kier alpha value is -3.50. The van der Waals surface area contributed by atoms with Crippen molar-refractivity contribution < 1.29 is 14.3 Å². The van der Waals surface area contributed by atoms with Gasteiger partial charge in [-0.3, -0.25) is 4.79 Å². The molecule has 2 aliphatic carbocycles. The van der Waals surface area contributed by atoms with Gasteiger partial charge in [-0.05, 0) is 25.0 Å². The van der Waals surface area contributed by atoms with Crippen molar-refractivity contribution in [2.24, 2.45) is 11.8 Å². The van der Waals surface area contributed by atoms with Crippen LogP contribution in [0.25, 0.3) is 27.9 Å². The normalized spacial score (nSPS) is 27.1. The van der Waals surface area contributed by atoms with Gasteiger partial charge in [0.25, 0.3) is 5.91 Å². The molecular formula is C25H27N7O3. The summed E-state index contributed by atoms with van der Waals surface area (Å²) in [6.07, 6.45) is 7.49. The number of hydrogen-bond acceptors (Lipinski definition) is 7. The highest BCUT2D eigenvalue weighted by Gasteiger charge is 2.55. The minimum Gasteiger partial charge on any atom is -0.381 e. The molecule has 10 heteroatoms. The lowest BCUT2D eigenvalue weighted by molar-refractivity contribution is 0.00732. The average molecular weight is 474 g/mol. The van der Waals surface area contributed by atoms with Crippen molar-refractivity contribution in [2.45, 2.75) is 31.0 Å². The summed E-state index contributed by atoms with van der Waals surface area (Å²) in [4.78, 5) is 22.8. The van der Waals surface area contributed by atoms with Gasteiger partial charge in [0, 0.05) is 61.4 Å². The number of rotatable bonds is 6. The molecule has 0 bridgehead atoms. The molecule has 10 nitrogen and oxygen atoms in total. The van der Waals surface area contributed by atoms with Crippen molar-refractivity contribution >= 4 is 28.4 Å². The lowest BCUT2D eigenvalue weighted by atomic mass is 9.89.